The SMILES string of the molecule is CCc1ccc(CO)c(C[C@@H](CC)CCC(=O)O)c1. The number of aryl methyl sites for hydroxylation is 1. The van der Waals surface area contributed by atoms with Gasteiger partial charge in [0, 0.05) is 6.42 Å². The molecule has 0 unspecified atom stereocenters. The van der Waals surface area contributed by atoms with Gasteiger partial charge in [0.1, 0.15) is 0 Å². The van der Waals surface area contributed by atoms with Gasteiger partial charge in [-0.05, 0) is 41.9 Å². The fourth-order valence-corrected chi connectivity index (χ4v) is 2.33. The van der Waals surface area contributed by atoms with E-state index in [2.05, 4.69) is 19.9 Å². The summed E-state index contributed by atoms with van der Waals surface area (Å²) in [4.78, 5) is 10.7. The lowest BCUT2D eigenvalue weighted by atomic mass is 9.89. The van der Waals surface area contributed by atoms with E-state index < -0.39 is 5.97 Å². The highest BCUT2D eigenvalue weighted by molar-refractivity contribution is 5.66. The average molecular weight is 264 g/mol. The molecule has 0 saturated heterocycles. The number of carboxylic acids is 1. The molecule has 1 aromatic carbocycles. The highest BCUT2D eigenvalue weighted by Gasteiger charge is 2.12. The van der Waals surface area contributed by atoms with E-state index in [4.69, 9.17) is 5.11 Å². The van der Waals surface area contributed by atoms with Gasteiger partial charge in [0.05, 0.1) is 6.61 Å². The first-order valence-corrected chi connectivity index (χ1v) is 7.04. The molecule has 0 radical (unpaired) electrons. The first-order valence-electron chi connectivity index (χ1n) is 7.04. The van der Waals surface area contributed by atoms with Gasteiger partial charge in [-0.3, -0.25) is 4.79 Å². The van der Waals surface area contributed by atoms with E-state index in [1.165, 1.54) is 11.1 Å². The summed E-state index contributed by atoms with van der Waals surface area (Å²) < 4.78 is 0. The van der Waals surface area contributed by atoms with E-state index in [1.807, 2.05) is 12.1 Å². The molecule has 19 heavy (non-hydrogen) atoms. The molecule has 1 rings (SSSR count). The third kappa shape index (κ3) is 5.03. The van der Waals surface area contributed by atoms with Crippen LogP contribution in [-0.4, -0.2) is 16.2 Å². The van der Waals surface area contributed by atoms with E-state index >= 15 is 0 Å². The third-order valence-electron chi connectivity index (χ3n) is 3.70. The number of benzene rings is 1. The number of hydrogen-bond donors (Lipinski definition) is 2. The number of carbonyl (C=O) groups is 1. The molecule has 0 spiro atoms. The van der Waals surface area contributed by atoms with Crippen molar-refractivity contribution in [2.45, 2.75) is 52.6 Å². The second-order valence-corrected chi connectivity index (χ2v) is 5.03. The van der Waals surface area contributed by atoms with E-state index in [1.54, 1.807) is 0 Å². The molecule has 0 amide bonds. The quantitative estimate of drug-likeness (QED) is 0.758. The van der Waals surface area contributed by atoms with E-state index in [9.17, 15) is 9.90 Å². The molecule has 0 aliphatic rings. The Morgan fingerprint density at radius 2 is 2.00 bits per heavy atom. The van der Waals surface area contributed by atoms with Crippen LogP contribution in [0, 0.1) is 5.92 Å². The van der Waals surface area contributed by atoms with Gasteiger partial charge in [0.15, 0.2) is 0 Å². The molecule has 3 heteroatoms. The molecular weight excluding hydrogens is 240 g/mol. The minimum absolute atomic E-state index is 0.0503. The molecule has 0 heterocycles. The van der Waals surface area contributed by atoms with Crippen LogP contribution in [-0.2, 0) is 24.2 Å². The number of rotatable bonds is 8. The van der Waals surface area contributed by atoms with E-state index in [0.717, 1.165) is 24.8 Å². The predicted molar refractivity (Wildman–Crippen MR) is 76.1 cm³/mol. The lowest BCUT2D eigenvalue weighted by Gasteiger charge is -2.17. The number of aliphatic hydroxyl groups is 1. The molecule has 0 saturated carbocycles. The summed E-state index contributed by atoms with van der Waals surface area (Å²) in [7, 11) is 0. The monoisotopic (exact) mass is 264 g/mol. The van der Waals surface area contributed by atoms with Crippen molar-refractivity contribution in [2.75, 3.05) is 0 Å². The summed E-state index contributed by atoms with van der Waals surface area (Å²) in [6.45, 7) is 4.25. The summed E-state index contributed by atoms with van der Waals surface area (Å²) >= 11 is 0. The van der Waals surface area contributed by atoms with Gasteiger partial charge in [0.2, 0.25) is 0 Å². The third-order valence-corrected chi connectivity index (χ3v) is 3.70. The lowest BCUT2D eigenvalue weighted by molar-refractivity contribution is -0.137. The molecule has 3 nitrogen and oxygen atoms in total. The van der Waals surface area contributed by atoms with Gasteiger partial charge in [0.25, 0.3) is 0 Å². The largest absolute Gasteiger partial charge is 0.481 e. The zero-order valence-corrected chi connectivity index (χ0v) is 11.9. The smallest absolute Gasteiger partial charge is 0.303 e. The summed E-state index contributed by atoms with van der Waals surface area (Å²) in [6.07, 6.45) is 3.72. The van der Waals surface area contributed by atoms with Gasteiger partial charge in [-0.1, -0.05) is 38.5 Å². The van der Waals surface area contributed by atoms with Gasteiger partial charge < -0.3 is 10.2 Å². The second kappa shape index (κ2) is 7.95. The molecule has 0 aliphatic heterocycles. The highest BCUT2D eigenvalue weighted by atomic mass is 16.4. The van der Waals surface area contributed by atoms with Crippen LogP contribution in [0.5, 0.6) is 0 Å². The fourth-order valence-electron chi connectivity index (χ4n) is 2.33. The van der Waals surface area contributed by atoms with Crippen LogP contribution >= 0.6 is 0 Å². The van der Waals surface area contributed by atoms with Crippen molar-refractivity contribution in [1.82, 2.24) is 0 Å². The summed E-state index contributed by atoms with van der Waals surface area (Å²) in [5.41, 5.74) is 3.39. The van der Waals surface area contributed by atoms with Crippen molar-refractivity contribution in [2.24, 2.45) is 5.92 Å². The zero-order chi connectivity index (χ0) is 14.3. The van der Waals surface area contributed by atoms with E-state index in [-0.39, 0.29) is 13.0 Å². The minimum Gasteiger partial charge on any atom is -0.481 e. The van der Waals surface area contributed by atoms with Crippen LogP contribution in [0.2, 0.25) is 0 Å². The number of aliphatic hydroxyl groups excluding tert-OH is 1. The number of hydrogen-bond acceptors (Lipinski definition) is 2. The molecule has 2 N–H and O–H groups in total. The van der Waals surface area contributed by atoms with E-state index in [0.29, 0.717) is 12.3 Å². The van der Waals surface area contributed by atoms with Crippen LogP contribution in [0.15, 0.2) is 18.2 Å². The van der Waals surface area contributed by atoms with Crippen LogP contribution in [0.25, 0.3) is 0 Å². The maximum atomic E-state index is 10.7. The molecule has 106 valence electrons. The molecule has 1 aromatic rings. The van der Waals surface area contributed by atoms with Crippen molar-refractivity contribution in [3.05, 3.63) is 34.9 Å². The first kappa shape index (κ1) is 15.7. The van der Waals surface area contributed by atoms with Crippen molar-refractivity contribution >= 4 is 5.97 Å². The van der Waals surface area contributed by atoms with Crippen molar-refractivity contribution in [3.63, 3.8) is 0 Å². The molecule has 0 bridgehead atoms. The number of carboxylic acid groups (broad SMARTS) is 1. The van der Waals surface area contributed by atoms with Crippen LogP contribution in [0.4, 0.5) is 0 Å². The van der Waals surface area contributed by atoms with Gasteiger partial charge in [-0.2, -0.15) is 0 Å². The van der Waals surface area contributed by atoms with Crippen molar-refractivity contribution < 1.29 is 15.0 Å². The molecular formula is C16H24O3. The van der Waals surface area contributed by atoms with Crippen LogP contribution in [0.3, 0.4) is 0 Å². The van der Waals surface area contributed by atoms with Crippen LogP contribution < -0.4 is 0 Å². The van der Waals surface area contributed by atoms with Gasteiger partial charge in [-0.25, -0.2) is 0 Å². The zero-order valence-electron chi connectivity index (χ0n) is 11.9. The number of aliphatic carboxylic acids is 1. The summed E-state index contributed by atoms with van der Waals surface area (Å²) in [6, 6.07) is 6.18. The maximum Gasteiger partial charge on any atom is 0.303 e. The Balaban J connectivity index is 2.79. The molecule has 0 aliphatic carbocycles. The Kier molecular flexibility index (Phi) is 6.57. The second-order valence-electron chi connectivity index (χ2n) is 5.03. The highest BCUT2D eigenvalue weighted by Crippen LogP contribution is 2.22. The Morgan fingerprint density at radius 1 is 1.26 bits per heavy atom. The maximum absolute atomic E-state index is 10.7. The minimum atomic E-state index is -0.733. The predicted octanol–water partition coefficient (Wildman–Crippen LogP) is 3.17. The Bertz CT molecular complexity index is 412. The Morgan fingerprint density at radius 3 is 2.53 bits per heavy atom. The normalized spacial score (nSPS) is 12.4. The van der Waals surface area contributed by atoms with Gasteiger partial charge in [-0.15, -0.1) is 0 Å². The average Bonchev–Trinajstić information content (AvgIpc) is 2.42. The summed E-state index contributed by atoms with van der Waals surface area (Å²) in [5, 5.41) is 18.2. The topological polar surface area (TPSA) is 57.5 Å². The van der Waals surface area contributed by atoms with Crippen molar-refractivity contribution in [3.8, 4) is 0 Å². The standard InChI is InChI=1S/C16H24O3/c1-3-12-5-7-14(11-17)15(9-12)10-13(4-2)6-8-16(18)19/h5,7,9,13,17H,3-4,6,8,10-11H2,1-2H3,(H,18,19)/t13-/m0/s1. The Hall–Kier alpha value is -1.35. The first-order chi connectivity index (χ1) is 9.10. The molecule has 0 fully saturated rings. The Labute approximate surface area is 115 Å². The van der Waals surface area contributed by atoms with Crippen molar-refractivity contribution in [1.29, 1.82) is 0 Å². The van der Waals surface area contributed by atoms with Crippen LogP contribution in [0.1, 0.15) is 49.8 Å². The molecule has 1 atom stereocenters. The fraction of sp³-hybridized carbons (Fsp3) is 0.562. The lowest BCUT2D eigenvalue weighted by Crippen LogP contribution is -2.09. The summed E-state index contributed by atoms with van der Waals surface area (Å²) in [5.74, 6) is -0.364. The molecule has 0 aromatic heterocycles. The van der Waals surface area contributed by atoms with Gasteiger partial charge >= 0.3 is 5.97 Å².